The van der Waals surface area contributed by atoms with Crippen molar-refractivity contribution in [3.05, 3.63) is 29.8 Å². The molecule has 1 saturated heterocycles. The molecule has 0 bridgehead atoms. The summed E-state index contributed by atoms with van der Waals surface area (Å²) < 4.78 is 0. The third-order valence-electron chi connectivity index (χ3n) is 4.17. The molecule has 8 nitrogen and oxygen atoms in total. The van der Waals surface area contributed by atoms with Crippen LogP contribution in [-0.2, 0) is 16.1 Å². The van der Waals surface area contributed by atoms with E-state index in [1.54, 1.807) is 4.90 Å². The van der Waals surface area contributed by atoms with E-state index in [2.05, 4.69) is 39.8 Å². The van der Waals surface area contributed by atoms with E-state index < -0.39 is 0 Å². The molecule has 2 heterocycles. The van der Waals surface area contributed by atoms with Gasteiger partial charge in [-0.25, -0.2) is 0 Å². The highest BCUT2D eigenvalue weighted by atomic mass is 16.2. The first-order valence-electron chi connectivity index (χ1n) is 8.41. The van der Waals surface area contributed by atoms with Crippen LogP contribution < -0.4 is 5.32 Å². The number of hydrogen-bond donors (Lipinski definition) is 2. The first kappa shape index (κ1) is 17.1. The zero-order valence-corrected chi connectivity index (χ0v) is 14.4. The van der Waals surface area contributed by atoms with Gasteiger partial charge in [-0.05, 0) is 22.8 Å². The number of rotatable bonds is 6. The van der Waals surface area contributed by atoms with Crippen LogP contribution in [0.4, 0.5) is 0 Å². The van der Waals surface area contributed by atoms with Gasteiger partial charge < -0.3 is 10.2 Å². The van der Waals surface area contributed by atoms with Crippen molar-refractivity contribution < 1.29 is 9.59 Å². The lowest BCUT2D eigenvalue weighted by Crippen LogP contribution is -2.33. The molecule has 1 fully saturated rings. The highest BCUT2D eigenvalue weighted by molar-refractivity contribution is 5.89. The third-order valence-corrected chi connectivity index (χ3v) is 4.17. The minimum atomic E-state index is -0.272. The zero-order chi connectivity index (χ0) is 17.8. The van der Waals surface area contributed by atoms with E-state index in [0.717, 1.165) is 11.1 Å². The second-order valence-electron chi connectivity index (χ2n) is 6.75. The van der Waals surface area contributed by atoms with Crippen molar-refractivity contribution in [2.75, 3.05) is 13.1 Å². The molecule has 0 aliphatic carbocycles. The van der Waals surface area contributed by atoms with Gasteiger partial charge in [-0.3, -0.25) is 9.59 Å². The molecule has 8 heteroatoms. The summed E-state index contributed by atoms with van der Waals surface area (Å²) in [5.74, 6) is 0.627. The second-order valence-corrected chi connectivity index (χ2v) is 6.75. The van der Waals surface area contributed by atoms with Crippen molar-refractivity contribution in [3.63, 3.8) is 0 Å². The van der Waals surface area contributed by atoms with E-state index in [9.17, 15) is 9.59 Å². The van der Waals surface area contributed by atoms with Gasteiger partial charge in [0.2, 0.25) is 17.6 Å². The van der Waals surface area contributed by atoms with Crippen LogP contribution in [0.1, 0.15) is 25.8 Å². The Morgan fingerprint density at radius 1 is 1.44 bits per heavy atom. The monoisotopic (exact) mass is 342 g/mol. The van der Waals surface area contributed by atoms with E-state index >= 15 is 0 Å². The molecule has 0 spiro atoms. The first-order chi connectivity index (χ1) is 12.0. The second kappa shape index (κ2) is 7.42. The largest absolute Gasteiger partial charge is 0.352 e. The average molecular weight is 342 g/mol. The maximum Gasteiger partial charge on any atom is 0.225 e. The number of aromatic nitrogens is 4. The van der Waals surface area contributed by atoms with Crippen molar-refractivity contribution >= 4 is 11.8 Å². The summed E-state index contributed by atoms with van der Waals surface area (Å²) in [6.07, 6.45) is 0.293. The van der Waals surface area contributed by atoms with Gasteiger partial charge >= 0.3 is 0 Å². The lowest BCUT2D eigenvalue weighted by Gasteiger charge is -2.18. The highest BCUT2D eigenvalue weighted by Gasteiger charge is 2.34. The van der Waals surface area contributed by atoms with Crippen LogP contribution in [0.5, 0.6) is 0 Å². The Labute approximate surface area is 146 Å². The van der Waals surface area contributed by atoms with Gasteiger partial charge in [-0.1, -0.05) is 32.0 Å². The maximum atomic E-state index is 12.4. The van der Waals surface area contributed by atoms with E-state index in [1.165, 1.54) is 0 Å². The summed E-state index contributed by atoms with van der Waals surface area (Å²) >= 11 is 0. The Hall–Kier alpha value is -2.77. The molecule has 2 N–H and O–H groups in total. The minimum absolute atomic E-state index is 0.0629. The number of carbonyl (C=O) groups is 2. The normalized spacial score (nSPS) is 17.3. The smallest absolute Gasteiger partial charge is 0.225 e. The Kier molecular flexibility index (Phi) is 5.06. The summed E-state index contributed by atoms with van der Waals surface area (Å²) in [7, 11) is 0. The molecule has 1 aromatic heterocycles. The van der Waals surface area contributed by atoms with Gasteiger partial charge in [0.05, 0.1) is 5.92 Å². The van der Waals surface area contributed by atoms with Crippen LogP contribution in [0.2, 0.25) is 0 Å². The standard InChI is InChI=1S/C17H22N6O2/c1-11(2)9-23-10-14(7-15(23)24)17(25)18-8-12-4-3-5-13(6-12)16-19-21-22-20-16/h3-6,11,14H,7-10H2,1-2H3,(H,18,25)(H,19,20,21,22)/t14-/m0/s1. The van der Waals surface area contributed by atoms with Crippen LogP contribution in [0.15, 0.2) is 24.3 Å². The summed E-state index contributed by atoms with van der Waals surface area (Å²) in [4.78, 5) is 26.2. The van der Waals surface area contributed by atoms with E-state index in [1.807, 2.05) is 24.3 Å². The number of tetrazole rings is 1. The lowest BCUT2D eigenvalue weighted by molar-refractivity contribution is -0.129. The van der Waals surface area contributed by atoms with Crippen molar-refractivity contribution in [1.29, 1.82) is 0 Å². The summed E-state index contributed by atoms with van der Waals surface area (Å²) in [6.45, 7) is 5.75. The van der Waals surface area contributed by atoms with Gasteiger partial charge in [0, 0.05) is 31.6 Å². The van der Waals surface area contributed by atoms with Crippen LogP contribution in [0.3, 0.4) is 0 Å². The average Bonchev–Trinajstić information content (AvgIpc) is 3.23. The highest BCUT2D eigenvalue weighted by Crippen LogP contribution is 2.20. The number of nitrogens with one attached hydrogen (secondary N) is 2. The van der Waals surface area contributed by atoms with Crippen molar-refractivity contribution in [3.8, 4) is 11.4 Å². The van der Waals surface area contributed by atoms with Crippen LogP contribution >= 0.6 is 0 Å². The molecular weight excluding hydrogens is 320 g/mol. The molecule has 0 saturated carbocycles. The molecule has 0 unspecified atom stereocenters. The predicted molar refractivity (Wildman–Crippen MR) is 91.0 cm³/mol. The molecule has 1 atom stereocenters. The molecular formula is C17H22N6O2. The zero-order valence-electron chi connectivity index (χ0n) is 14.4. The topological polar surface area (TPSA) is 104 Å². The van der Waals surface area contributed by atoms with Gasteiger partial charge in [-0.2, -0.15) is 5.21 Å². The number of H-pyrrole nitrogens is 1. The third kappa shape index (κ3) is 4.20. The van der Waals surface area contributed by atoms with Crippen LogP contribution in [0, 0.1) is 11.8 Å². The van der Waals surface area contributed by atoms with Gasteiger partial charge in [-0.15, -0.1) is 10.2 Å². The van der Waals surface area contributed by atoms with Gasteiger partial charge in [0.15, 0.2) is 0 Å². The Bertz CT molecular complexity index is 743. The molecule has 132 valence electrons. The molecule has 1 aliphatic rings. The lowest BCUT2D eigenvalue weighted by atomic mass is 10.1. The van der Waals surface area contributed by atoms with Crippen LogP contribution in [-0.4, -0.2) is 50.4 Å². The fourth-order valence-electron chi connectivity index (χ4n) is 3.00. The fraction of sp³-hybridized carbons (Fsp3) is 0.471. The number of carbonyl (C=O) groups excluding carboxylic acids is 2. The molecule has 3 rings (SSSR count). The Morgan fingerprint density at radius 2 is 2.28 bits per heavy atom. The van der Waals surface area contributed by atoms with E-state index in [0.29, 0.717) is 37.8 Å². The van der Waals surface area contributed by atoms with Crippen molar-refractivity contribution in [2.24, 2.45) is 11.8 Å². The Morgan fingerprint density at radius 3 is 3.00 bits per heavy atom. The SMILES string of the molecule is CC(C)CN1C[C@@H](C(=O)NCc2cccc(-c3nn[nH]n3)c2)CC1=O. The number of benzene rings is 1. The Balaban J connectivity index is 1.56. The van der Waals surface area contributed by atoms with Crippen molar-refractivity contribution in [2.45, 2.75) is 26.8 Å². The molecule has 25 heavy (non-hydrogen) atoms. The number of likely N-dealkylation sites (tertiary alicyclic amines) is 1. The quantitative estimate of drug-likeness (QED) is 0.815. The number of amides is 2. The molecule has 1 aliphatic heterocycles. The van der Waals surface area contributed by atoms with E-state index in [4.69, 9.17) is 0 Å². The van der Waals surface area contributed by atoms with Gasteiger partial charge in [0.25, 0.3) is 0 Å². The van der Waals surface area contributed by atoms with Crippen molar-refractivity contribution in [1.82, 2.24) is 30.8 Å². The minimum Gasteiger partial charge on any atom is -0.352 e. The summed E-state index contributed by atoms with van der Waals surface area (Å²) in [6, 6.07) is 7.61. The molecule has 2 aromatic rings. The predicted octanol–water partition coefficient (Wildman–Crippen LogP) is 0.987. The molecule has 1 aromatic carbocycles. The number of aromatic amines is 1. The van der Waals surface area contributed by atoms with Gasteiger partial charge in [0.1, 0.15) is 0 Å². The van der Waals surface area contributed by atoms with Crippen LogP contribution in [0.25, 0.3) is 11.4 Å². The summed E-state index contributed by atoms with van der Waals surface area (Å²) in [5.41, 5.74) is 1.78. The summed E-state index contributed by atoms with van der Waals surface area (Å²) in [5, 5.41) is 16.8. The molecule has 2 amide bonds. The fourth-order valence-corrected chi connectivity index (χ4v) is 3.00. The number of hydrogen-bond acceptors (Lipinski definition) is 5. The van der Waals surface area contributed by atoms with E-state index in [-0.39, 0.29) is 17.7 Å². The molecule has 0 radical (unpaired) electrons. The first-order valence-corrected chi connectivity index (χ1v) is 8.41. The number of nitrogens with zero attached hydrogens (tertiary/aromatic N) is 4. The maximum absolute atomic E-state index is 12.4.